The number of halogens is 1. The van der Waals surface area contributed by atoms with E-state index in [-0.39, 0.29) is 0 Å². The van der Waals surface area contributed by atoms with Crippen LogP contribution in [-0.4, -0.2) is 19.3 Å². The van der Waals surface area contributed by atoms with Gasteiger partial charge in [0.25, 0.3) is 0 Å². The van der Waals surface area contributed by atoms with Crippen LogP contribution in [0.3, 0.4) is 0 Å². The quantitative estimate of drug-likeness (QED) is 0.611. The van der Waals surface area contributed by atoms with Gasteiger partial charge in [-0.25, -0.2) is 0 Å². The van der Waals surface area contributed by atoms with Crippen molar-refractivity contribution in [3.05, 3.63) is 29.8 Å². The van der Waals surface area contributed by atoms with E-state index in [2.05, 4.69) is 38.1 Å². The van der Waals surface area contributed by atoms with Crippen LogP contribution in [0.4, 0.5) is 0 Å². The molecule has 1 aromatic rings. The van der Waals surface area contributed by atoms with Crippen LogP contribution in [0.5, 0.6) is 0 Å². The van der Waals surface area contributed by atoms with Gasteiger partial charge < -0.3 is 9.07 Å². The van der Waals surface area contributed by atoms with Crippen molar-refractivity contribution in [1.29, 1.82) is 0 Å². The van der Waals surface area contributed by atoms with Crippen molar-refractivity contribution in [2.75, 3.05) is 0 Å². The van der Waals surface area contributed by atoms with Gasteiger partial charge in [0.1, 0.15) is 0 Å². The van der Waals surface area contributed by atoms with Crippen LogP contribution in [0.2, 0.25) is 0 Å². The second-order valence-electron chi connectivity index (χ2n) is 3.03. The smallest absolute Gasteiger partial charge is 0.336 e. The normalized spacial score (nSPS) is 9.82. The van der Waals surface area contributed by atoms with Gasteiger partial charge >= 0.3 is 19.3 Å². The number of hydrogen-bond donors (Lipinski definition) is 0. The molecule has 11 heavy (non-hydrogen) atoms. The molecule has 0 N–H and O–H groups in total. The highest BCUT2D eigenvalue weighted by molar-refractivity contribution is 7.01. The molecule has 0 unspecified atom stereocenters. The largest absolute Gasteiger partial charge is 0.538 e. The second-order valence-corrected chi connectivity index (χ2v) is 4.92. The van der Waals surface area contributed by atoms with E-state index < -0.39 is 19.3 Å². The molecular formula is C9H11ClMg. The Kier molecular flexibility index (Phi) is 3.69. The van der Waals surface area contributed by atoms with Crippen molar-refractivity contribution in [3.63, 3.8) is 0 Å². The molecule has 0 spiro atoms. The molecule has 0 aliphatic heterocycles. The first-order valence-corrected chi connectivity index (χ1v) is 6.73. The summed E-state index contributed by atoms with van der Waals surface area (Å²) >= 11 is -0.477. The van der Waals surface area contributed by atoms with Gasteiger partial charge in [-0.2, -0.15) is 0 Å². The summed E-state index contributed by atoms with van der Waals surface area (Å²) in [6, 6.07) is 8.65. The number of rotatable bonds is 2. The molecule has 0 bridgehead atoms. The third kappa shape index (κ3) is 2.66. The lowest BCUT2D eigenvalue weighted by Crippen LogP contribution is -2.07. The summed E-state index contributed by atoms with van der Waals surface area (Å²) in [6.07, 6.45) is 0. The zero-order chi connectivity index (χ0) is 8.27. The zero-order valence-corrected chi connectivity index (χ0v) is 9.14. The molecule has 0 radical (unpaired) electrons. The summed E-state index contributed by atoms with van der Waals surface area (Å²) in [5.41, 5.74) is 1.40. The summed E-state index contributed by atoms with van der Waals surface area (Å²) in [5.74, 6) is 0.626. The molecule has 0 fully saturated rings. The van der Waals surface area contributed by atoms with Crippen LogP contribution >= 0.6 is 9.07 Å². The van der Waals surface area contributed by atoms with Crippen LogP contribution in [-0.2, 0) is 0 Å². The molecule has 0 atom stereocenters. The molecule has 0 aromatic heterocycles. The first-order valence-electron chi connectivity index (χ1n) is 3.89. The third-order valence-corrected chi connectivity index (χ3v) is 3.51. The van der Waals surface area contributed by atoms with Crippen molar-refractivity contribution in [1.82, 2.24) is 0 Å². The highest BCUT2D eigenvalue weighted by atomic mass is 35.5. The minimum atomic E-state index is -0.477. The SMILES string of the molecule is CC(C)c1cc[c]([Mg][Cl])cc1. The van der Waals surface area contributed by atoms with E-state index in [0.717, 1.165) is 0 Å². The van der Waals surface area contributed by atoms with Crippen molar-refractivity contribution in [3.8, 4) is 0 Å². The highest BCUT2D eigenvalue weighted by Gasteiger charge is 1.98. The molecule has 0 heterocycles. The predicted molar refractivity (Wildman–Crippen MR) is 51.8 cm³/mol. The minimum Gasteiger partial charge on any atom is -0.336 e. The Bertz CT molecular complexity index is 216. The maximum atomic E-state index is 5.80. The Balaban J connectivity index is 2.83. The van der Waals surface area contributed by atoms with E-state index in [1.807, 2.05) is 0 Å². The van der Waals surface area contributed by atoms with Crippen LogP contribution in [0.15, 0.2) is 24.3 Å². The Morgan fingerprint density at radius 2 is 1.73 bits per heavy atom. The fraction of sp³-hybridized carbons (Fsp3) is 0.333. The molecule has 56 valence electrons. The fourth-order valence-electron chi connectivity index (χ4n) is 0.992. The van der Waals surface area contributed by atoms with Crippen LogP contribution in [0.1, 0.15) is 25.3 Å². The van der Waals surface area contributed by atoms with E-state index in [4.69, 9.17) is 9.07 Å². The number of hydrogen-bond acceptors (Lipinski definition) is 0. The van der Waals surface area contributed by atoms with E-state index in [0.29, 0.717) is 5.92 Å². The van der Waals surface area contributed by atoms with E-state index in [1.54, 1.807) is 0 Å². The molecule has 1 aromatic carbocycles. The van der Waals surface area contributed by atoms with E-state index in [9.17, 15) is 0 Å². The third-order valence-electron chi connectivity index (χ3n) is 1.80. The highest BCUT2D eigenvalue weighted by Crippen LogP contribution is 2.11. The van der Waals surface area contributed by atoms with E-state index in [1.165, 1.54) is 9.26 Å². The Morgan fingerprint density at radius 3 is 2.09 bits per heavy atom. The Hall–Kier alpha value is 0.276. The molecule has 1 rings (SSSR count). The minimum absolute atomic E-state index is 0.477. The standard InChI is InChI=1S/C9H11.ClH.Mg/c1-8(2)9-6-4-3-5-7-9;;/h4-8H,1-2H3;1H;/q;;+1/p-1. The predicted octanol–water partition coefficient (Wildman–Crippen LogP) is 2.29. The Morgan fingerprint density at radius 1 is 1.18 bits per heavy atom. The molecule has 2 heteroatoms. The van der Waals surface area contributed by atoms with E-state index >= 15 is 0 Å². The summed E-state index contributed by atoms with van der Waals surface area (Å²) in [5, 5.41) is 0. The topological polar surface area (TPSA) is 0 Å². The summed E-state index contributed by atoms with van der Waals surface area (Å²) in [4.78, 5) is 0. The van der Waals surface area contributed by atoms with Crippen molar-refractivity contribution in [2.24, 2.45) is 0 Å². The van der Waals surface area contributed by atoms with Gasteiger partial charge in [0, 0.05) is 0 Å². The van der Waals surface area contributed by atoms with Crippen LogP contribution in [0.25, 0.3) is 0 Å². The average Bonchev–Trinajstić information content (AvgIpc) is 2.05. The van der Waals surface area contributed by atoms with Crippen LogP contribution in [0, 0.1) is 0 Å². The molecule has 0 saturated carbocycles. The van der Waals surface area contributed by atoms with Gasteiger partial charge in [0.2, 0.25) is 0 Å². The second kappa shape index (κ2) is 4.34. The van der Waals surface area contributed by atoms with Gasteiger partial charge in [-0.1, -0.05) is 38.1 Å². The number of benzene rings is 1. The maximum absolute atomic E-state index is 5.80. The summed E-state index contributed by atoms with van der Waals surface area (Å²) in [6.45, 7) is 4.40. The van der Waals surface area contributed by atoms with Gasteiger partial charge in [-0.3, -0.25) is 0 Å². The summed E-state index contributed by atoms with van der Waals surface area (Å²) < 4.78 is 1.33. The lowest BCUT2D eigenvalue weighted by atomic mass is 10.0. The molecule has 0 aliphatic rings. The molecular weight excluding hydrogens is 168 g/mol. The Labute approximate surface area is 81.5 Å². The molecule has 0 aliphatic carbocycles. The first kappa shape index (κ1) is 9.36. The zero-order valence-electron chi connectivity index (χ0n) is 6.97. The summed E-state index contributed by atoms with van der Waals surface area (Å²) in [7, 11) is 5.80. The van der Waals surface area contributed by atoms with Crippen molar-refractivity contribution >= 4 is 32.0 Å². The fourth-order valence-corrected chi connectivity index (χ4v) is 1.94. The van der Waals surface area contributed by atoms with Gasteiger partial charge in [0.15, 0.2) is 0 Å². The lowest BCUT2D eigenvalue weighted by Gasteiger charge is -2.04. The lowest BCUT2D eigenvalue weighted by molar-refractivity contribution is 0.867. The maximum Gasteiger partial charge on any atom is 0.538 e. The van der Waals surface area contributed by atoms with Gasteiger partial charge in [-0.15, -0.1) is 3.69 Å². The first-order chi connectivity index (χ1) is 5.24. The van der Waals surface area contributed by atoms with Crippen molar-refractivity contribution < 1.29 is 0 Å². The molecule has 0 amide bonds. The van der Waals surface area contributed by atoms with Crippen LogP contribution < -0.4 is 3.69 Å². The van der Waals surface area contributed by atoms with Gasteiger partial charge in [0.05, 0.1) is 0 Å². The average molecular weight is 179 g/mol. The monoisotopic (exact) mass is 178 g/mol. The molecule has 0 nitrogen and oxygen atoms in total. The van der Waals surface area contributed by atoms with Gasteiger partial charge in [-0.05, 0) is 11.5 Å². The van der Waals surface area contributed by atoms with Crippen molar-refractivity contribution in [2.45, 2.75) is 19.8 Å². The molecule has 0 saturated heterocycles.